The van der Waals surface area contributed by atoms with Crippen LogP contribution >= 0.6 is 11.3 Å². The number of hydrogen-bond acceptors (Lipinski definition) is 6. The molecular formula is C25H26F2N4O3S. The molecule has 184 valence electrons. The van der Waals surface area contributed by atoms with Gasteiger partial charge in [-0.2, -0.15) is 0 Å². The number of halogens is 2. The summed E-state index contributed by atoms with van der Waals surface area (Å²) in [6, 6.07) is 11.2. The van der Waals surface area contributed by atoms with E-state index in [9.17, 15) is 18.4 Å². The van der Waals surface area contributed by atoms with E-state index in [0.717, 1.165) is 37.3 Å². The van der Waals surface area contributed by atoms with E-state index in [1.807, 2.05) is 0 Å². The van der Waals surface area contributed by atoms with Crippen LogP contribution in [0.3, 0.4) is 0 Å². The van der Waals surface area contributed by atoms with Gasteiger partial charge in [-0.25, -0.2) is 13.8 Å². The van der Waals surface area contributed by atoms with E-state index in [4.69, 9.17) is 4.74 Å². The lowest BCUT2D eigenvalue weighted by Gasteiger charge is -2.26. The van der Waals surface area contributed by atoms with E-state index >= 15 is 0 Å². The Morgan fingerprint density at radius 1 is 1.03 bits per heavy atom. The van der Waals surface area contributed by atoms with Crippen LogP contribution in [-0.4, -0.2) is 46.9 Å². The third kappa shape index (κ3) is 6.40. The van der Waals surface area contributed by atoms with Gasteiger partial charge in [0.15, 0.2) is 5.13 Å². The number of thiazole rings is 1. The molecule has 0 atom stereocenters. The first-order chi connectivity index (χ1) is 16.7. The zero-order valence-electron chi connectivity index (χ0n) is 19.4. The number of rotatable bonds is 8. The molecule has 0 unspecified atom stereocenters. The zero-order chi connectivity index (χ0) is 25.0. The summed E-state index contributed by atoms with van der Waals surface area (Å²) in [5.41, 5.74) is -0.208. The van der Waals surface area contributed by atoms with Crippen molar-refractivity contribution in [2.75, 3.05) is 25.0 Å². The molecule has 1 fully saturated rings. The number of likely N-dealkylation sites (tertiary alicyclic amines) is 1. The summed E-state index contributed by atoms with van der Waals surface area (Å²) >= 11 is 1.07. The maximum Gasteiger partial charge on any atom is 0.251 e. The topological polar surface area (TPSA) is 83.6 Å². The summed E-state index contributed by atoms with van der Waals surface area (Å²) in [5.74, 6) is -1.09. The first-order valence-electron chi connectivity index (χ1n) is 11.2. The van der Waals surface area contributed by atoms with Crippen LogP contribution in [0.15, 0.2) is 48.5 Å². The van der Waals surface area contributed by atoms with Crippen molar-refractivity contribution >= 4 is 28.3 Å². The molecule has 10 heteroatoms. The van der Waals surface area contributed by atoms with Gasteiger partial charge in [0.25, 0.3) is 5.91 Å². The molecule has 2 heterocycles. The molecule has 3 aromatic rings. The van der Waals surface area contributed by atoms with E-state index in [2.05, 4.69) is 20.5 Å². The Balaban J connectivity index is 1.52. The van der Waals surface area contributed by atoms with Crippen LogP contribution in [0.1, 0.15) is 26.7 Å². The Morgan fingerprint density at radius 2 is 1.63 bits per heavy atom. The number of benzene rings is 2. The fourth-order valence-corrected chi connectivity index (χ4v) is 4.52. The van der Waals surface area contributed by atoms with Crippen molar-refractivity contribution in [1.29, 1.82) is 0 Å². The van der Waals surface area contributed by atoms with Crippen molar-refractivity contribution < 1.29 is 23.1 Å². The van der Waals surface area contributed by atoms with E-state index in [1.54, 1.807) is 26.0 Å². The predicted octanol–water partition coefficient (Wildman–Crippen LogP) is 4.81. The Hall–Kier alpha value is -3.37. The molecule has 1 aliphatic rings. The molecular weight excluding hydrogens is 474 g/mol. The van der Waals surface area contributed by atoms with Crippen molar-refractivity contribution in [3.63, 3.8) is 0 Å². The average molecular weight is 501 g/mol. The third-order valence-corrected chi connectivity index (χ3v) is 6.39. The van der Waals surface area contributed by atoms with Crippen LogP contribution < -0.4 is 15.4 Å². The number of amides is 2. The smallest absolute Gasteiger partial charge is 0.251 e. The van der Waals surface area contributed by atoms with Gasteiger partial charge in [0.1, 0.15) is 28.6 Å². The minimum absolute atomic E-state index is 0.224. The van der Waals surface area contributed by atoms with Crippen LogP contribution in [0, 0.1) is 11.6 Å². The Bertz CT molecular complexity index is 1190. The molecule has 0 spiro atoms. The number of carbonyl (C=O) groups excluding carboxylic acids is 2. The van der Waals surface area contributed by atoms with Crippen molar-refractivity contribution in [3.8, 4) is 22.1 Å². The van der Waals surface area contributed by atoms with Gasteiger partial charge >= 0.3 is 0 Å². The van der Waals surface area contributed by atoms with Gasteiger partial charge in [0, 0.05) is 5.56 Å². The molecule has 0 saturated carbocycles. The zero-order valence-corrected chi connectivity index (χ0v) is 20.3. The molecule has 1 aliphatic heterocycles. The average Bonchev–Trinajstić information content (AvgIpc) is 3.45. The molecule has 0 aliphatic carbocycles. The summed E-state index contributed by atoms with van der Waals surface area (Å²) in [4.78, 5) is 32.0. The van der Waals surface area contributed by atoms with Gasteiger partial charge in [-0.3, -0.25) is 19.8 Å². The van der Waals surface area contributed by atoms with Gasteiger partial charge in [-0.05, 0) is 88.3 Å². The van der Waals surface area contributed by atoms with Crippen LogP contribution in [0.25, 0.3) is 11.3 Å². The minimum Gasteiger partial charge on any atom is -0.444 e. The first kappa shape index (κ1) is 24.7. The van der Waals surface area contributed by atoms with Gasteiger partial charge in [-0.1, -0.05) is 11.3 Å². The lowest BCUT2D eigenvalue weighted by Crippen LogP contribution is -2.54. The molecule has 2 aromatic carbocycles. The number of hydrogen-bond donors (Lipinski definition) is 2. The monoisotopic (exact) mass is 500 g/mol. The summed E-state index contributed by atoms with van der Waals surface area (Å²) in [7, 11) is 0. The van der Waals surface area contributed by atoms with E-state index in [1.165, 1.54) is 36.4 Å². The molecule has 0 radical (unpaired) electrons. The molecule has 0 bridgehead atoms. The highest BCUT2D eigenvalue weighted by molar-refractivity contribution is 7.18. The fourth-order valence-electron chi connectivity index (χ4n) is 3.67. The normalized spacial score (nSPS) is 14.1. The number of ether oxygens (including phenoxy) is 1. The van der Waals surface area contributed by atoms with Crippen LogP contribution in [0.4, 0.5) is 13.9 Å². The highest BCUT2D eigenvalue weighted by Crippen LogP contribution is 2.40. The van der Waals surface area contributed by atoms with Crippen LogP contribution in [-0.2, 0) is 9.59 Å². The van der Waals surface area contributed by atoms with Gasteiger partial charge in [-0.15, -0.1) is 0 Å². The van der Waals surface area contributed by atoms with E-state index < -0.39 is 23.1 Å². The maximum atomic E-state index is 13.4. The number of aromatic nitrogens is 1. The number of nitrogens with one attached hydrogen (secondary N) is 2. The molecule has 1 aromatic heterocycles. The second-order valence-corrected chi connectivity index (χ2v) is 9.79. The highest BCUT2D eigenvalue weighted by atomic mass is 32.1. The minimum atomic E-state index is -1.18. The first-order valence-corrected chi connectivity index (χ1v) is 12.1. The lowest BCUT2D eigenvalue weighted by molar-refractivity contribution is -0.129. The fraction of sp³-hybridized carbons (Fsp3) is 0.320. The molecule has 7 nitrogen and oxygen atoms in total. The van der Waals surface area contributed by atoms with Gasteiger partial charge in [0.05, 0.1) is 6.54 Å². The van der Waals surface area contributed by atoms with Crippen LogP contribution in [0.5, 0.6) is 10.8 Å². The van der Waals surface area contributed by atoms with Gasteiger partial charge < -0.3 is 10.1 Å². The van der Waals surface area contributed by atoms with Crippen molar-refractivity contribution in [3.05, 3.63) is 60.2 Å². The molecule has 2 N–H and O–H groups in total. The van der Waals surface area contributed by atoms with E-state index in [-0.39, 0.29) is 17.6 Å². The second kappa shape index (κ2) is 10.5. The predicted molar refractivity (Wildman–Crippen MR) is 131 cm³/mol. The maximum absolute atomic E-state index is 13.4. The molecule has 35 heavy (non-hydrogen) atoms. The Morgan fingerprint density at radius 3 is 2.26 bits per heavy atom. The van der Waals surface area contributed by atoms with Crippen LogP contribution in [0.2, 0.25) is 0 Å². The number of nitrogens with zero attached hydrogens (tertiary/aromatic N) is 2. The summed E-state index contributed by atoms with van der Waals surface area (Å²) in [5, 5.41) is 6.11. The van der Waals surface area contributed by atoms with Crippen molar-refractivity contribution in [2.45, 2.75) is 32.2 Å². The summed E-state index contributed by atoms with van der Waals surface area (Å²) in [6.07, 6.45) is 2.14. The molecule has 1 saturated heterocycles. The summed E-state index contributed by atoms with van der Waals surface area (Å²) < 4.78 is 32.6. The Labute approximate surface area is 206 Å². The standard InChI is InChI=1S/C25H26F2N4O3S/c1-25(2,30-20(32)15-31-13-3-4-14-31)23(33)29-24-28-21(16-5-7-17(26)8-6-16)22(35-24)34-19-11-9-18(27)10-12-19/h5-12H,3-4,13-15H2,1-2H3,(H,30,32)(H,28,29,33). The summed E-state index contributed by atoms with van der Waals surface area (Å²) in [6.45, 7) is 5.24. The van der Waals surface area contributed by atoms with Crippen molar-refractivity contribution in [2.24, 2.45) is 0 Å². The largest absolute Gasteiger partial charge is 0.444 e. The SMILES string of the molecule is CC(C)(NC(=O)CN1CCCC1)C(=O)Nc1nc(-c2ccc(F)cc2)c(Oc2ccc(F)cc2)s1. The quantitative estimate of drug-likeness (QED) is 0.464. The lowest BCUT2D eigenvalue weighted by atomic mass is 10.0. The third-order valence-electron chi connectivity index (χ3n) is 5.54. The molecule has 2 amide bonds. The Kier molecular flexibility index (Phi) is 7.42. The highest BCUT2D eigenvalue weighted by Gasteiger charge is 2.31. The number of carbonyl (C=O) groups is 2. The molecule has 4 rings (SSSR count). The second-order valence-electron chi connectivity index (χ2n) is 8.83. The van der Waals surface area contributed by atoms with Gasteiger partial charge in [0.2, 0.25) is 11.0 Å². The van der Waals surface area contributed by atoms with E-state index in [0.29, 0.717) is 22.1 Å². The number of anilines is 1. The van der Waals surface area contributed by atoms with Crippen molar-refractivity contribution in [1.82, 2.24) is 15.2 Å².